The van der Waals surface area contributed by atoms with Gasteiger partial charge in [0.25, 0.3) is 0 Å². The Hall–Kier alpha value is -2.33. The summed E-state index contributed by atoms with van der Waals surface area (Å²) < 4.78 is 0. The third-order valence-electron chi connectivity index (χ3n) is 2.85. The lowest BCUT2D eigenvalue weighted by Gasteiger charge is -2.12. The van der Waals surface area contributed by atoms with Gasteiger partial charge in [0, 0.05) is 24.4 Å². The Bertz CT molecular complexity index is 581. The summed E-state index contributed by atoms with van der Waals surface area (Å²) in [6, 6.07) is 13.1. The molecule has 0 aromatic heterocycles. The molecule has 2 aromatic rings. The van der Waals surface area contributed by atoms with Gasteiger partial charge in [-0.1, -0.05) is 30.3 Å². The lowest BCUT2D eigenvalue weighted by Crippen LogP contribution is -2.12. The summed E-state index contributed by atoms with van der Waals surface area (Å²) in [7, 11) is 1.70. The van der Waals surface area contributed by atoms with Gasteiger partial charge in [-0.15, -0.1) is 0 Å². The van der Waals surface area contributed by atoms with Crippen LogP contribution in [-0.4, -0.2) is 23.0 Å². The molecule has 0 saturated heterocycles. The molecule has 3 N–H and O–H groups in total. The van der Waals surface area contributed by atoms with Crippen molar-refractivity contribution >= 4 is 11.5 Å². The summed E-state index contributed by atoms with van der Waals surface area (Å²) >= 11 is 0. The van der Waals surface area contributed by atoms with Crippen molar-refractivity contribution in [1.82, 2.24) is 0 Å². The number of nitrogens with one attached hydrogen (secondary N) is 1. The molecule has 2 aromatic carbocycles. The molecule has 0 bridgehead atoms. The van der Waals surface area contributed by atoms with Crippen LogP contribution in [0.4, 0.5) is 5.69 Å². The van der Waals surface area contributed by atoms with Gasteiger partial charge in [0.15, 0.2) is 5.78 Å². The number of ketones is 1. The second-order valence-corrected chi connectivity index (χ2v) is 4.20. The van der Waals surface area contributed by atoms with E-state index in [1.165, 1.54) is 12.1 Å². The summed E-state index contributed by atoms with van der Waals surface area (Å²) in [6.07, 6.45) is -1.29. The van der Waals surface area contributed by atoms with E-state index in [0.29, 0.717) is 16.8 Å². The predicted octanol–water partition coefficient (Wildman–Crippen LogP) is 2.35. The van der Waals surface area contributed by atoms with Crippen LogP contribution in [0, 0.1) is 0 Å². The standard InChI is InChI=1S/C15H15NO3/c1-16-12-7-11(8-13(17)9-12)15(19)14(18)10-5-3-2-4-6-10/h2-9,15-17,19H,1H3. The van der Waals surface area contributed by atoms with E-state index >= 15 is 0 Å². The number of phenols is 1. The van der Waals surface area contributed by atoms with E-state index in [-0.39, 0.29) is 5.75 Å². The average molecular weight is 257 g/mol. The maximum Gasteiger partial charge on any atom is 0.195 e. The number of rotatable bonds is 4. The molecule has 0 amide bonds. The van der Waals surface area contributed by atoms with Crippen LogP contribution in [0.3, 0.4) is 0 Å². The number of Topliss-reactive ketones (excluding diaryl/α,β-unsaturated/α-hetero) is 1. The number of aliphatic hydroxyl groups excluding tert-OH is 1. The first-order chi connectivity index (χ1) is 9.11. The van der Waals surface area contributed by atoms with Crippen molar-refractivity contribution in [3.05, 3.63) is 59.7 Å². The number of hydrogen-bond acceptors (Lipinski definition) is 4. The van der Waals surface area contributed by atoms with Gasteiger partial charge in [0.05, 0.1) is 0 Å². The Balaban J connectivity index is 2.31. The van der Waals surface area contributed by atoms with Gasteiger partial charge in [0.2, 0.25) is 0 Å². The first kappa shape index (κ1) is 13.1. The molecule has 0 radical (unpaired) electrons. The van der Waals surface area contributed by atoms with Crippen molar-refractivity contribution in [2.24, 2.45) is 0 Å². The van der Waals surface area contributed by atoms with Crippen molar-refractivity contribution in [2.75, 3.05) is 12.4 Å². The van der Waals surface area contributed by atoms with E-state index < -0.39 is 11.9 Å². The maximum absolute atomic E-state index is 12.1. The van der Waals surface area contributed by atoms with E-state index in [9.17, 15) is 15.0 Å². The topological polar surface area (TPSA) is 69.6 Å². The number of carbonyl (C=O) groups excluding carboxylic acids is 1. The molecule has 1 unspecified atom stereocenters. The number of benzene rings is 2. The Labute approximate surface area is 111 Å². The quantitative estimate of drug-likeness (QED) is 0.735. The fourth-order valence-corrected chi connectivity index (χ4v) is 1.85. The molecule has 4 nitrogen and oxygen atoms in total. The van der Waals surface area contributed by atoms with Crippen molar-refractivity contribution in [1.29, 1.82) is 0 Å². The average Bonchev–Trinajstić information content (AvgIpc) is 2.46. The normalized spacial score (nSPS) is 11.9. The summed E-state index contributed by atoms with van der Waals surface area (Å²) in [5.41, 5.74) is 1.43. The van der Waals surface area contributed by atoms with Crippen LogP contribution < -0.4 is 5.32 Å². The number of anilines is 1. The van der Waals surface area contributed by atoms with E-state index in [4.69, 9.17) is 0 Å². The Morgan fingerprint density at radius 3 is 2.47 bits per heavy atom. The monoisotopic (exact) mass is 257 g/mol. The van der Waals surface area contributed by atoms with Crippen molar-refractivity contribution < 1.29 is 15.0 Å². The highest BCUT2D eigenvalue weighted by Gasteiger charge is 2.19. The van der Waals surface area contributed by atoms with E-state index in [1.807, 2.05) is 0 Å². The zero-order valence-electron chi connectivity index (χ0n) is 10.5. The highest BCUT2D eigenvalue weighted by atomic mass is 16.3. The van der Waals surface area contributed by atoms with Crippen molar-refractivity contribution in [3.8, 4) is 5.75 Å². The molecule has 0 aliphatic rings. The molecule has 0 heterocycles. The van der Waals surface area contributed by atoms with Gasteiger partial charge in [-0.25, -0.2) is 0 Å². The van der Waals surface area contributed by atoms with Crippen LogP contribution in [0.15, 0.2) is 48.5 Å². The smallest absolute Gasteiger partial charge is 0.195 e. The maximum atomic E-state index is 12.1. The van der Waals surface area contributed by atoms with Gasteiger partial charge in [-0.2, -0.15) is 0 Å². The van der Waals surface area contributed by atoms with Crippen LogP contribution in [0.1, 0.15) is 22.0 Å². The number of hydrogen-bond donors (Lipinski definition) is 3. The Kier molecular flexibility index (Phi) is 3.82. The lowest BCUT2D eigenvalue weighted by atomic mass is 9.99. The van der Waals surface area contributed by atoms with Crippen molar-refractivity contribution in [2.45, 2.75) is 6.10 Å². The molecule has 19 heavy (non-hydrogen) atoms. The minimum absolute atomic E-state index is 0.00163. The third kappa shape index (κ3) is 2.92. The predicted molar refractivity (Wildman–Crippen MR) is 73.4 cm³/mol. The highest BCUT2D eigenvalue weighted by molar-refractivity contribution is 6.00. The minimum Gasteiger partial charge on any atom is -0.508 e. The highest BCUT2D eigenvalue weighted by Crippen LogP contribution is 2.26. The first-order valence-corrected chi connectivity index (χ1v) is 5.91. The minimum atomic E-state index is -1.29. The molecule has 0 saturated carbocycles. The molecular formula is C15H15NO3. The molecule has 0 aliphatic heterocycles. The van der Waals surface area contributed by atoms with E-state index in [1.54, 1.807) is 43.4 Å². The van der Waals surface area contributed by atoms with E-state index in [0.717, 1.165) is 0 Å². The fraction of sp³-hybridized carbons (Fsp3) is 0.133. The number of phenolic OH excluding ortho intramolecular Hbond substituents is 1. The number of aromatic hydroxyl groups is 1. The number of aliphatic hydroxyl groups is 1. The van der Waals surface area contributed by atoms with Crippen molar-refractivity contribution in [3.63, 3.8) is 0 Å². The SMILES string of the molecule is CNc1cc(O)cc(C(O)C(=O)c2ccccc2)c1. The summed E-state index contributed by atoms with van der Waals surface area (Å²) in [4.78, 5) is 12.1. The van der Waals surface area contributed by atoms with Gasteiger partial charge >= 0.3 is 0 Å². The molecule has 0 fully saturated rings. The van der Waals surface area contributed by atoms with Crippen LogP contribution in [0.25, 0.3) is 0 Å². The zero-order valence-corrected chi connectivity index (χ0v) is 10.5. The molecule has 1 atom stereocenters. The van der Waals surface area contributed by atoms with Gasteiger partial charge < -0.3 is 15.5 Å². The van der Waals surface area contributed by atoms with Crippen LogP contribution in [-0.2, 0) is 0 Å². The van der Waals surface area contributed by atoms with Gasteiger partial charge in [-0.3, -0.25) is 4.79 Å². The molecule has 2 rings (SSSR count). The molecule has 4 heteroatoms. The Morgan fingerprint density at radius 1 is 1.16 bits per heavy atom. The first-order valence-electron chi connectivity index (χ1n) is 5.91. The summed E-state index contributed by atoms with van der Waals surface area (Å²) in [6.45, 7) is 0. The largest absolute Gasteiger partial charge is 0.508 e. The van der Waals surface area contributed by atoms with Crippen LogP contribution in [0.2, 0.25) is 0 Å². The number of carbonyl (C=O) groups is 1. The fourth-order valence-electron chi connectivity index (χ4n) is 1.85. The van der Waals surface area contributed by atoms with Crippen LogP contribution >= 0.6 is 0 Å². The molecule has 0 spiro atoms. The Morgan fingerprint density at radius 2 is 1.84 bits per heavy atom. The second-order valence-electron chi connectivity index (χ2n) is 4.20. The van der Waals surface area contributed by atoms with Gasteiger partial charge in [0.1, 0.15) is 11.9 Å². The molecule has 98 valence electrons. The molecule has 0 aliphatic carbocycles. The second kappa shape index (κ2) is 5.54. The lowest BCUT2D eigenvalue weighted by molar-refractivity contribution is 0.0747. The summed E-state index contributed by atoms with van der Waals surface area (Å²) in [5.74, 6) is -0.394. The van der Waals surface area contributed by atoms with Gasteiger partial charge in [-0.05, 0) is 17.7 Å². The van der Waals surface area contributed by atoms with E-state index in [2.05, 4.69) is 5.32 Å². The zero-order chi connectivity index (χ0) is 13.8. The summed E-state index contributed by atoms with van der Waals surface area (Å²) in [5, 5.41) is 22.5. The third-order valence-corrected chi connectivity index (χ3v) is 2.85. The molecular weight excluding hydrogens is 242 g/mol. The van der Waals surface area contributed by atoms with Crippen LogP contribution in [0.5, 0.6) is 5.75 Å².